The van der Waals surface area contributed by atoms with E-state index in [1.807, 2.05) is 13.8 Å². The lowest BCUT2D eigenvalue weighted by atomic mass is 10.0. The van der Waals surface area contributed by atoms with Crippen molar-refractivity contribution in [2.24, 2.45) is 5.92 Å². The van der Waals surface area contributed by atoms with E-state index in [1.54, 1.807) is 0 Å². The predicted molar refractivity (Wildman–Crippen MR) is 115 cm³/mol. The maximum Gasteiger partial charge on any atom is 0.209 e. The first kappa shape index (κ1) is 21.9. The first-order chi connectivity index (χ1) is 13.6. The first-order valence-corrected chi connectivity index (χ1v) is 12.2. The Morgan fingerprint density at radius 3 is 2.31 bits per heavy atom. The molecule has 0 spiro atoms. The monoisotopic (exact) mass is 419 g/mol. The molecule has 0 saturated carbocycles. The van der Waals surface area contributed by atoms with Gasteiger partial charge in [-0.05, 0) is 23.0 Å². The number of nitrogens with one attached hydrogen (secondary N) is 1. The molecule has 0 bridgehead atoms. The normalized spacial score (nSPS) is 16.8. The maximum atomic E-state index is 11.8. The van der Waals surface area contributed by atoms with Gasteiger partial charge in [-0.1, -0.05) is 52.0 Å². The minimum Gasteiger partial charge on any atom is -0.312 e. The second-order valence-electron chi connectivity index (χ2n) is 8.66. The van der Waals surface area contributed by atoms with E-state index in [-0.39, 0.29) is 12.0 Å². The van der Waals surface area contributed by atoms with Gasteiger partial charge < -0.3 is 4.57 Å². The zero-order valence-corrected chi connectivity index (χ0v) is 18.9. The third-order valence-corrected chi connectivity index (χ3v) is 6.17. The lowest BCUT2D eigenvalue weighted by molar-refractivity contribution is 0.269. The number of nitrogens with zero attached hydrogens (tertiary/aromatic N) is 4. The first-order valence-electron chi connectivity index (χ1n) is 10.3. The number of hydrogen-bond acceptors (Lipinski definition) is 5. The molecule has 0 aliphatic carbocycles. The number of benzene rings is 1. The van der Waals surface area contributed by atoms with Crippen LogP contribution in [0.5, 0.6) is 0 Å². The maximum absolute atomic E-state index is 11.8. The van der Waals surface area contributed by atoms with Crippen molar-refractivity contribution in [3.63, 3.8) is 0 Å². The van der Waals surface area contributed by atoms with E-state index in [0.29, 0.717) is 11.7 Å². The molecule has 0 radical (unpaired) electrons. The molecule has 0 saturated heterocycles. The molecule has 1 N–H and O–H groups in total. The van der Waals surface area contributed by atoms with Gasteiger partial charge in [0.05, 0.1) is 12.3 Å². The SMILES string of the molecule is CC(C)c1ccc(CN2CCc3nnc(C(NS(C)(=O)=O)C(C)C)n3CC2)cc1. The van der Waals surface area contributed by atoms with Crippen LogP contribution in [0.1, 0.15) is 62.4 Å². The van der Waals surface area contributed by atoms with Gasteiger partial charge >= 0.3 is 0 Å². The Hall–Kier alpha value is -1.77. The van der Waals surface area contributed by atoms with Crippen LogP contribution in [-0.4, -0.2) is 47.4 Å². The van der Waals surface area contributed by atoms with Gasteiger partial charge in [0.1, 0.15) is 5.82 Å². The molecule has 0 amide bonds. The number of hydrogen-bond donors (Lipinski definition) is 1. The summed E-state index contributed by atoms with van der Waals surface area (Å²) in [5.41, 5.74) is 2.67. The highest BCUT2D eigenvalue weighted by molar-refractivity contribution is 7.88. The molecule has 1 aliphatic rings. The van der Waals surface area contributed by atoms with Crippen LogP contribution in [0, 0.1) is 5.92 Å². The molecule has 2 aromatic rings. The van der Waals surface area contributed by atoms with Gasteiger partial charge in [-0.15, -0.1) is 10.2 Å². The molecule has 7 nitrogen and oxygen atoms in total. The lowest BCUT2D eigenvalue weighted by Gasteiger charge is -2.22. The molecule has 29 heavy (non-hydrogen) atoms. The van der Waals surface area contributed by atoms with E-state index in [0.717, 1.165) is 38.4 Å². The number of fused-ring (bicyclic) bond motifs is 1. The predicted octanol–water partition coefficient (Wildman–Crippen LogP) is 2.71. The van der Waals surface area contributed by atoms with E-state index in [2.05, 4.69) is 62.5 Å². The van der Waals surface area contributed by atoms with Crippen LogP contribution < -0.4 is 4.72 Å². The number of aromatic nitrogens is 3. The van der Waals surface area contributed by atoms with Crippen LogP contribution in [0.25, 0.3) is 0 Å². The van der Waals surface area contributed by atoms with E-state index in [4.69, 9.17) is 0 Å². The smallest absolute Gasteiger partial charge is 0.209 e. The number of rotatable bonds is 7. The lowest BCUT2D eigenvalue weighted by Crippen LogP contribution is -2.33. The summed E-state index contributed by atoms with van der Waals surface area (Å²) < 4.78 is 28.5. The molecule has 1 aromatic heterocycles. The molecule has 8 heteroatoms. The Balaban J connectivity index is 1.72. The number of sulfonamides is 1. The Morgan fingerprint density at radius 2 is 1.72 bits per heavy atom. The van der Waals surface area contributed by atoms with E-state index >= 15 is 0 Å². The van der Waals surface area contributed by atoms with Crippen LogP contribution in [0.2, 0.25) is 0 Å². The van der Waals surface area contributed by atoms with Crippen molar-refractivity contribution in [3.8, 4) is 0 Å². The summed E-state index contributed by atoms with van der Waals surface area (Å²) in [6, 6.07) is 8.50. The Bertz CT molecular complexity index is 919. The average molecular weight is 420 g/mol. The summed E-state index contributed by atoms with van der Waals surface area (Å²) in [4.78, 5) is 2.43. The van der Waals surface area contributed by atoms with Gasteiger partial charge in [-0.3, -0.25) is 4.90 Å². The van der Waals surface area contributed by atoms with Crippen molar-refractivity contribution in [2.75, 3.05) is 19.3 Å². The van der Waals surface area contributed by atoms with Crippen molar-refractivity contribution < 1.29 is 8.42 Å². The molecule has 1 aromatic carbocycles. The molecule has 160 valence electrons. The fraction of sp³-hybridized carbons (Fsp3) is 0.619. The minimum atomic E-state index is -3.33. The van der Waals surface area contributed by atoms with Crippen molar-refractivity contribution in [3.05, 3.63) is 47.0 Å². The fourth-order valence-corrected chi connectivity index (χ4v) is 4.60. The highest BCUT2D eigenvalue weighted by Gasteiger charge is 2.28. The van der Waals surface area contributed by atoms with E-state index in [9.17, 15) is 8.42 Å². The second kappa shape index (κ2) is 8.93. The quantitative estimate of drug-likeness (QED) is 0.746. The highest BCUT2D eigenvalue weighted by atomic mass is 32.2. The largest absolute Gasteiger partial charge is 0.312 e. The van der Waals surface area contributed by atoms with Crippen LogP contribution >= 0.6 is 0 Å². The standard InChI is InChI=1S/C21H33N5O2S/c1-15(2)18-8-6-17(7-9-18)14-25-11-10-19-22-23-21(26(19)13-12-25)20(16(3)4)24-29(5,27)28/h6-9,15-16,20,24H,10-14H2,1-5H3. The third kappa shape index (κ3) is 5.65. The molecule has 0 fully saturated rings. The summed E-state index contributed by atoms with van der Waals surface area (Å²) >= 11 is 0. The van der Waals surface area contributed by atoms with Crippen LogP contribution in [0.4, 0.5) is 0 Å². The molecule has 1 unspecified atom stereocenters. The zero-order valence-electron chi connectivity index (χ0n) is 18.1. The van der Waals surface area contributed by atoms with Crippen LogP contribution in [0.3, 0.4) is 0 Å². The van der Waals surface area contributed by atoms with Gasteiger partial charge in [0.2, 0.25) is 10.0 Å². The zero-order chi connectivity index (χ0) is 21.2. The summed E-state index contributed by atoms with van der Waals surface area (Å²) in [5, 5.41) is 8.72. The van der Waals surface area contributed by atoms with Crippen molar-refractivity contribution in [1.82, 2.24) is 24.4 Å². The summed E-state index contributed by atoms with van der Waals surface area (Å²) in [6.45, 7) is 11.9. The summed E-state index contributed by atoms with van der Waals surface area (Å²) in [7, 11) is -3.33. The summed E-state index contributed by atoms with van der Waals surface area (Å²) in [5.74, 6) is 2.26. The third-order valence-electron chi connectivity index (χ3n) is 5.49. The second-order valence-corrected chi connectivity index (χ2v) is 10.4. The van der Waals surface area contributed by atoms with E-state index in [1.165, 1.54) is 17.4 Å². The van der Waals surface area contributed by atoms with Crippen molar-refractivity contribution in [1.29, 1.82) is 0 Å². The molecule has 1 aliphatic heterocycles. The minimum absolute atomic E-state index is 0.0804. The topological polar surface area (TPSA) is 80.1 Å². The Labute approximate surface area is 174 Å². The van der Waals surface area contributed by atoms with Crippen LogP contribution in [0.15, 0.2) is 24.3 Å². The van der Waals surface area contributed by atoms with Crippen molar-refractivity contribution >= 4 is 10.0 Å². The van der Waals surface area contributed by atoms with Gasteiger partial charge in [-0.2, -0.15) is 0 Å². The van der Waals surface area contributed by atoms with E-state index < -0.39 is 10.0 Å². The molecule has 1 atom stereocenters. The van der Waals surface area contributed by atoms with Crippen molar-refractivity contribution in [2.45, 2.75) is 59.2 Å². The Kier molecular flexibility index (Phi) is 6.76. The molecular formula is C21H33N5O2S. The summed E-state index contributed by atoms with van der Waals surface area (Å²) in [6.07, 6.45) is 2.00. The highest BCUT2D eigenvalue weighted by Crippen LogP contribution is 2.23. The molecular weight excluding hydrogens is 386 g/mol. The van der Waals surface area contributed by atoms with Crippen LogP contribution in [-0.2, 0) is 29.5 Å². The van der Waals surface area contributed by atoms with Gasteiger partial charge in [0.25, 0.3) is 0 Å². The van der Waals surface area contributed by atoms with Gasteiger partial charge in [-0.25, -0.2) is 13.1 Å². The van der Waals surface area contributed by atoms with Gasteiger partial charge in [0, 0.05) is 32.6 Å². The average Bonchev–Trinajstić information content (AvgIpc) is 2.93. The fourth-order valence-electron chi connectivity index (χ4n) is 3.76. The van der Waals surface area contributed by atoms with Gasteiger partial charge in [0.15, 0.2) is 5.82 Å². The Morgan fingerprint density at radius 1 is 1.03 bits per heavy atom. The molecule has 2 heterocycles. The molecule has 3 rings (SSSR count).